The zero-order valence-electron chi connectivity index (χ0n) is 16.0. The van der Waals surface area contributed by atoms with Crippen LogP contribution in [-0.2, 0) is 16.6 Å². The van der Waals surface area contributed by atoms with Crippen LogP contribution in [0.25, 0.3) is 0 Å². The minimum atomic E-state index is -3.73. The zero-order valence-corrected chi connectivity index (χ0v) is 16.8. The lowest BCUT2D eigenvalue weighted by Gasteiger charge is -2.18. The molecule has 0 saturated carbocycles. The van der Waals surface area contributed by atoms with Gasteiger partial charge in [0.1, 0.15) is 17.2 Å². The number of benzene rings is 2. The van der Waals surface area contributed by atoms with E-state index in [2.05, 4.69) is 4.72 Å². The molecule has 6 nitrogen and oxygen atoms in total. The molecule has 0 bridgehead atoms. The first kappa shape index (κ1) is 20.1. The molecule has 142 valence electrons. The molecule has 7 heteroatoms. The van der Waals surface area contributed by atoms with Crippen LogP contribution < -0.4 is 18.9 Å². The van der Waals surface area contributed by atoms with E-state index in [9.17, 15) is 8.42 Å². The van der Waals surface area contributed by atoms with E-state index < -0.39 is 10.0 Å². The average Bonchev–Trinajstić information content (AvgIpc) is 2.62. The number of nitrogens with one attached hydrogen (secondary N) is 1. The van der Waals surface area contributed by atoms with Crippen LogP contribution in [0.3, 0.4) is 0 Å². The van der Waals surface area contributed by atoms with Crippen LogP contribution in [0, 0.1) is 20.8 Å². The molecular weight excluding hydrogens is 354 g/mol. The van der Waals surface area contributed by atoms with Crippen molar-refractivity contribution in [3.63, 3.8) is 0 Å². The Kier molecular flexibility index (Phi) is 6.15. The molecule has 2 aromatic rings. The number of aryl methyl sites for hydroxylation is 1. The average molecular weight is 379 g/mol. The molecule has 0 aliphatic rings. The van der Waals surface area contributed by atoms with Crippen LogP contribution in [0.2, 0.25) is 0 Å². The van der Waals surface area contributed by atoms with Crippen LogP contribution in [0.5, 0.6) is 17.2 Å². The van der Waals surface area contributed by atoms with Gasteiger partial charge < -0.3 is 14.2 Å². The summed E-state index contributed by atoms with van der Waals surface area (Å²) in [4.78, 5) is 0.268. The normalized spacial score (nSPS) is 11.3. The van der Waals surface area contributed by atoms with Gasteiger partial charge in [-0.15, -0.1) is 0 Å². The Labute approximate surface area is 155 Å². The number of ether oxygens (including phenoxy) is 3. The molecule has 0 atom stereocenters. The lowest BCUT2D eigenvalue weighted by molar-refractivity contribution is 0.384. The van der Waals surface area contributed by atoms with Gasteiger partial charge in [-0.25, -0.2) is 13.1 Å². The van der Waals surface area contributed by atoms with E-state index in [4.69, 9.17) is 14.2 Å². The van der Waals surface area contributed by atoms with Gasteiger partial charge in [0, 0.05) is 6.54 Å². The summed E-state index contributed by atoms with van der Waals surface area (Å²) in [6.07, 6.45) is 0. The van der Waals surface area contributed by atoms with E-state index in [0.717, 1.165) is 5.56 Å². The van der Waals surface area contributed by atoms with Gasteiger partial charge in [-0.3, -0.25) is 0 Å². The van der Waals surface area contributed by atoms with E-state index in [-0.39, 0.29) is 11.4 Å². The molecule has 0 spiro atoms. The largest absolute Gasteiger partial charge is 0.496 e. The molecule has 0 amide bonds. The quantitative estimate of drug-likeness (QED) is 0.800. The number of hydrogen-bond donors (Lipinski definition) is 1. The van der Waals surface area contributed by atoms with Gasteiger partial charge in [-0.2, -0.15) is 0 Å². The van der Waals surface area contributed by atoms with E-state index in [1.54, 1.807) is 45.2 Å². The van der Waals surface area contributed by atoms with Gasteiger partial charge in [-0.05, 0) is 55.7 Å². The number of methoxy groups -OCH3 is 3. The maximum atomic E-state index is 13.0. The summed E-state index contributed by atoms with van der Waals surface area (Å²) in [6, 6.07) is 7.05. The maximum absolute atomic E-state index is 13.0. The van der Waals surface area contributed by atoms with E-state index in [1.165, 1.54) is 14.2 Å². The molecule has 0 aliphatic carbocycles. The summed E-state index contributed by atoms with van der Waals surface area (Å²) in [6.45, 7) is 5.44. The summed E-state index contributed by atoms with van der Waals surface area (Å²) >= 11 is 0. The Balaban J connectivity index is 2.42. The van der Waals surface area contributed by atoms with E-state index in [1.807, 2.05) is 6.92 Å². The Bertz CT molecular complexity index is 884. The molecule has 26 heavy (non-hydrogen) atoms. The SMILES string of the molecule is COc1cc(C)c(S(=O)(=O)NCc2c(OC)cccc2OC)c(C)c1C. The summed E-state index contributed by atoms with van der Waals surface area (Å²) in [5.41, 5.74) is 2.74. The molecule has 0 radical (unpaired) electrons. The number of sulfonamides is 1. The third kappa shape index (κ3) is 3.78. The highest BCUT2D eigenvalue weighted by atomic mass is 32.2. The highest BCUT2D eigenvalue weighted by molar-refractivity contribution is 7.89. The van der Waals surface area contributed by atoms with Crippen LogP contribution in [0.15, 0.2) is 29.2 Å². The van der Waals surface area contributed by atoms with Crippen molar-refractivity contribution in [1.29, 1.82) is 0 Å². The van der Waals surface area contributed by atoms with Gasteiger partial charge in [-0.1, -0.05) is 6.07 Å². The van der Waals surface area contributed by atoms with Gasteiger partial charge in [0.2, 0.25) is 10.0 Å². The predicted molar refractivity (Wildman–Crippen MR) is 101 cm³/mol. The van der Waals surface area contributed by atoms with Crippen molar-refractivity contribution in [2.75, 3.05) is 21.3 Å². The van der Waals surface area contributed by atoms with Gasteiger partial charge in [0.15, 0.2) is 0 Å². The monoisotopic (exact) mass is 379 g/mol. The Morgan fingerprint density at radius 3 is 1.92 bits per heavy atom. The summed E-state index contributed by atoms with van der Waals surface area (Å²) < 4.78 is 44.6. The molecule has 0 saturated heterocycles. The summed E-state index contributed by atoms with van der Waals surface area (Å²) in [7, 11) is 0.908. The second-order valence-corrected chi connectivity index (χ2v) is 7.64. The van der Waals surface area contributed by atoms with Crippen molar-refractivity contribution < 1.29 is 22.6 Å². The van der Waals surface area contributed by atoms with Crippen molar-refractivity contribution in [3.8, 4) is 17.2 Å². The highest BCUT2D eigenvalue weighted by Gasteiger charge is 2.23. The van der Waals surface area contributed by atoms with Crippen molar-refractivity contribution in [3.05, 3.63) is 46.5 Å². The van der Waals surface area contributed by atoms with Crippen molar-refractivity contribution in [2.24, 2.45) is 0 Å². The second-order valence-electron chi connectivity index (χ2n) is 5.94. The predicted octanol–water partition coefficient (Wildman–Crippen LogP) is 3.12. The maximum Gasteiger partial charge on any atom is 0.241 e. The third-order valence-electron chi connectivity index (χ3n) is 4.44. The molecule has 1 N–H and O–H groups in total. The highest BCUT2D eigenvalue weighted by Crippen LogP contribution is 2.32. The molecule has 2 aromatic carbocycles. The van der Waals surface area contributed by atoms with Gasteiger partial charge >= 0.3 is 0 Å². The van der Waals surface area contributed by atoms with Crippen molar-refractivity contribution in [1.82, 2.24) is 4.72 Å². The van der Waals surface area contributed by atoms with Gasteiger partial charge in [0.05, 0.1) is 31.8 Å². The molecule has 0 aliphatic heterocycles. The summed E-state index contributed by atoms with van der Waals surface area (Å²) in [5, 5.41) is 0. The van der Waals surface area contributed by atoms with E-state index in [0.29, 0.717) is 33.9 Å². The standard InChI is InChI=1S/C19H25NO5S/c1-12-10-18(25-6)13(2)14(3)19(12)26(21,22)20-11-15-16(23-4)8-7-9-17(15)24-5/h7-10,20H,11H2,1-6H3. The third-order valence-corrected chi connectivity index (χ3v) is 6.13. The molecular formula is C19H25NO5S. The second kappa shape index (κ2) is 7.97. The first-order valence-corrected chi connectivity index (χ1v) is 9.59. The fourth-order valence-electron chi connectivity index (χ4n) is 2.99. The number of hydrogen-bond acceptors (Lipinski definition) is 5. The van der Waals surface area contributed by atoms with Crippen LogP contribution in [-0.4, -0.2) is 29.7 Å². The Morgan fingerprint density at radius 1 is 0.885 bits per heavy atom. The van der Waals surface area contributed by atoms with Gasteiger partial charge in [0.25, 0.3) is 0 Å². The lowest BCUT2D eigenvalue weighted by atomic mass is 10.1. The first-order valence-electron chi connectivity index (χ1n) is 8.11. The first-order chi connectivity index (χ1) is 12.3. The molecule has 2 rings (SSSR count). The van der Waals surface area contributed by atoms with Crippen LogP contribution >= 0.6 is 0 Å². The lowest BCUT2D eigenvalue weighted by Crippen LogP contribution is -2.25. The summed E-state index contributed by atoms with van der Waals surface area (Å²) in [5.74, 6) is 1.79. The fraction of sp³-hybridized carbons (Fsp3) is 0.368. The van der Waals surface area contributed by atoms with Crippen LogP contribution in [0.4, 0.5) is 0 Å². The van der Waals surface area contributed by atoms with Crippen molar-refractivity contribution in [2.45, 2.75) is 32.2 Å². The smallest absolute Gasteiger partial charge is 0.241 e. The zero-order chi connectivity index (χ0) is 19.5. The minimum absolute atomic E-state index is 0.0550. The number of rotatable bonds is 7. The molecule has 0 unspecified atom stereocenters. The molecule has 0 fully saturated rings. The minimum Gasteiger partial charge on any atom is -0.496 e. The van der Waals surface area contributed by atoms with E-state index >= 15 is 0 Å². The fourth-order valence-corrected chi connectivity index (χ4v) is 4.51. The Morgan fingerprint density at radius 2 is 1.42 bits per heavy atom. The van der Waals surface area contributed by atoms with Crippen LogP contribution in [0.1, 0.15) is 22.3 Å². The molecule has 0 heterocycles. The topological polar surface area (TPSA) is 73.9 Å². The molecule has 0 aromatic heterocycles. The Hall–Kier alpha value is -2.25. The van der Waals surface area contributed by atoms with Crippen molar-refractivity contribution >= 4 is 10.0 Å².